The number of hydrogen-bond acceptors (Lipinski definition) is 6. The van der Waals surface area contributed by atoms with Gasteiger partial charge in [-0.3, -0.25) is 4.79 Å². The second-order valence-electron chi connectivity index (χ2n) is 7.66. The number of ether oxygens (including phenoxy) is 3. The van der Waals surface area contributed by atoms with E-state index in [0.29, 0.717) is 18.8 Å². The Labute approximate surface area is 150 Å². The quantitative estimate of drug-likeness (QED) is 0.505. The number of carbonyl (C=O) groups excluding carboxylic acids is 2. The Kier molecular flexibility index (Phi) is 6.62. The molecule has 1 aliphatic heterocycles. The van der Waals surface area contributed by atoms with Gasteiger partial charge in [0.25, 0.3) is 0 Å². The van der Waals surface area contributed by atoms with Gasteiger partial charge < -0.3 is 24.1 Å². The topological polar surface area (TPSA) is 82.1 Å². The van der Waals surface area contributed by atoms with E-state index < -0.39 is 17.3 Å². The van der Waals surface area contributed by atoms with Crippen LogP contribution < -0.4 is 0 Å². The number of methoxy groups -OCH3 is 2. The minimum atomic E-state index is -0.886. The highest BCUT2D eigenvalue weighted by molar-refractivity contribution is 5.68. The first-order valence-electron chi connectivity index (χ1n) is 9.28. The Bertz CT molecular complexity index is 475. The van der Waals surface area contributed by atoms with Crippen LogP contribution in [0.3, 0.4) is 0 Å². The van der Waals surface area contributed by atoms with Crippen LogP contribution in [0.25, 0.3) is 0 Å². The first-order valence-corrected chi connectivity index (χ1v) is 9.28. The molecule has 0 spiro atoms. The molecule has 0 unspecified atom stereocenters. The summed E-state index contributed by atoms with van der Waals surface area (Å²) in [5.41, 5.74) is -0.517. The highest BCUT2D eigenvalue weighted by Crippen LogP contribution is 2.64. The van der Waals surface area contributed by atoms with E-state index in [0.717, 1.165) is 32.0 Å². The molecule has 6 heteroatoms. The number of esters is 1. The van der Waals surface area contributed by atoms with Crippen LogP contribution >= 0.6 is 0 Å². The predicted octanol–water partition coefficient (Wildman–Crippen LogP) is 2.46. The summed E-state index contributed by atoms with van der Waals surface area (Å²) in [5, 5.41) is 10.6. The van der Waals surface area contributed by atoms with Crippen LogP contribution in [0.1, 0.15) is 58.8 Å². The van der Waals surface area contributed by atoms with Crippen LogP contribution in [0, 0.1) is 17.3 Å². The third-order valence-electron chi connectivity index (χ3n) is 6.31. The minimum absolute atomic E-state index is 0.0308. The van der Waals surface area contributed by atoms with Gasteiger partial charge in [0.05, 0.1) is 24.7 Å². The van der Waals surface area contributed by atoms with E-state index in [1.807, 2.05) is 0 Å². The van der Waals surface area contributed by atoms with Gasteiger partial charge in [0.2, 0.25) is 0 Å². The molecule has 1 heterocycles. The fraction of sp³-hybridized carbons (Fsp3) is 0.895. The number of aliphatic hydroxyl groups excluding tert-OH is 1. The summed E-state index contributed by atoms with van der Waals surface area (Å²) in [6.07, 6.45) is 4.38. The summed E-state index contributed by atoms with van der Waals surface area (Å²) in [5.74, 6) is -0.630. The summed E-state index contributed by atoms with van der Waals surface area (Å²) >= 11 is 0. The minimum Gasteiger partial charge on any atom is -0.469 e. The van der Waals surface area contributed by atoms with Crippen LogP contribution in [-0.2, 0) is 23.8 Å². The molecule has 25 heavy (non-hydrogen) atoms. The van der Waals surface area contributed by atoms with Gasteiger partial charge in [-0.15, -0.1) is 0 Å². The molecule has 0 amide bonds. The summed E-state index contributed by atoms with van der Waals surface area (Å²) in [7, 11) is 3.03. The molecule has 1 N–H and O–H groups in total. The molecule has 1 aliphatic carbocycles. The first kappa shape index (κ1) is 20.3. The summed E-state index contributed by atoms with van der Waals surface area (Å²) in [4.78, 5) is 22.3. The second kappa shape index (κ2) is 8.14. The van der Waals surface area contributed by atoms with E-state index in [1.165, 1.54) is 7.11 Å². The highest BCUT2D eigenvalue weighted by atomic mass is 16.7. The van der Waals surface area contributed by atoms with Crippen LogP contribution in [0.4, 0.5) is 0 Å². The Morgan fingerprint density at radius 3 is 2.56 bits per heavy atom. The van der Waals surface area contributed by atoms with Gasteiger partial charge in [0.1, 0.15) is 6.29 Å². The van der Waals surface area contributed by atoms with Crippen molar-refractivity contribution in [3.8, 4) is 0 Å². The van der Waals surface area contributed by atoms with Crippen molar-refractivity contribution in [3.63, 3.8) is 0 Å². The lowest BCUT2D eigenvalue weighted by atomic mass is 9.71. The van der Waals surface area contributed by atoms with Crippen molar-refractivity contribution >= 4 is 12.3 Å². The van der Waals surface area contributed by atoms with Crippen molar-refractivity contribution in [2.45, 2.75) is 76.8 Å². The average Bonchev–Trinajstić information content (AvgIpc) is 3.40. The van der Waals surface area contributed by atoms with Gasteiger partial charge in [0.15, 0.2) is 5.79 Å². The highest BCUT2D eigenvalue weighted by Gasteiger charge is 2.69. The molecule has 1 saturated carbocycles. The zero-order valence-electron chi connectivity index (χ0n) is 15.8. The Balaban J connectivity index is 2.14. The van der Waals surface area contributed by atoms with E-state index in [2.05, 4.69) is 13.8 Å². The number of aliphatic hydroxyl groups is 1. The van der Waals surface area contributed by atoms with Crippen molar-refractivity contribution in [1.29, 1.82) is 0 Å². The molecule has 2 fully saturated rings. The van der Waals surface area contributed by atoms with Gasteiger partial charge in [-0.05, 0) is 38.0 Å². The molecule has 0 aromatic rings. The molecule has 5 atom stereocenters. The van der Waals surface area contributed by atoms with Gasteiger partial charge in [0, 0.05) is 25.9 Å². The zero-order chi connectivity index (χ0) is 18.7. The molecular formula is C19H32O6. The number of aldehydes is 1. The fourth-order valence-corrected chi connectivity index (χ4v) is 4.52. The standard InChI is InChI=1S/C19H32O6/c1-13-12-15(6-5-7-17(22)23-3)25-19(24-4,14(13)2)18(9-10-18)16(21)8-11-20/h11,13-16,21H,5-10,12H2,1-4H3/t13-,14-,15+,16+,19+/m1/s1. The summed E-state index contributed by atoms with van der Waals surface area (Å²) in [6, 6.07) is 0. The van der Waals surface area contributed by atoms with Gasteiger partial charge in [-0.25, -0.2) is 0 Å². The Morgan fingerprint density at radius 2 is 2.04 bits per heavy atom. The SMILES string of the molecule is COC(=O)CCC[C@H]1C[C@@H](C)[C@@H](C)[C@@](OC)(C2([C@@H](O)CC=O)CC2)O1. The Hall–Kier alpha value is -0.980. The molecule has 0 aromatic carbocycles. The van der Waals surface area contributed by atoms with E-state index in [1.54, 1.807) is 7.11 Å². The number of carbonyl (C=O) groups is 2. The fourth-order valence-electron chi connectivity index (χ4n) is 4.52. The van der Waals surface area contributed by atoms with Crippen LogP contribution in [0.2, 0.25) is 0 Å². The molecule has 0 bridgehead atoms. The Morgan fingerprint density at radius 1 is 1.36 bits per heavy atom. The second-order valence-corrected chi connectivity index (χ2v) is 7.66. The van der Waals surface area contributed by atoms with Crippen LogP contribution in [-0.4, -0.2) is 49.6 Å². The predicted molar refractivity (Wildman–Crippen MR) is 91.8 cm³/mol. The third kappa shape index (κ3) is 3.76. The van der Waals surface area contributed by atoms with Crippen LogP contribution in [0.15, 0.2) is 0 Å². The lowest BCUT2D eigenvalue weighted by Crippen LogP contribution is -2.60. The summed E-state index contributed by atoms with van der Waals surface area (Å²) in [6.45, 7) is 4.28. The number of hydrogen-bond donors (Lipinski definition) is 1. The molecule has 2 rings (SSSR count). The molecule has 0 aromatic heterocycles. The van der Waals surface area contributed by atoms with E-state index in [9.17, 15) is 14.7 Å². The summed E-state index contributed by atoms with van der Waals surface area (Å²) < 4.78 is 17.1. The van der Waals surface area contributed by atoms with Crippen molar-refractivity contribution in [2.24, 2.45) is 17.3 Å². The van der Waals surface area contributed by atoms with Crippen LogP contribution in [0.5, 0.6) is 0 Å². The average molecular weight is 356 g/mol. The maximum absolute atomic E-state index is 11.3. The molecule has 2 aliphatic rings. The maximum atomic E-state index is 11.3. The van der Waals surface area contributed by atoms with Crippen molar-refractivity contribution in [3.05, 3.63) is 0 Å². The van der Waals surface area contributed by atoms with Gasteiger partial charge in [-0.2, -0.15) is 0 Å². The molecular weight excluding hydrogens is 324 g/mol. The molecule has 6 nitrogen and oxygen atoms in total. The number of rotatable bonds is 9. The molecule has 144 valence electrons. The van der Waals surface area contributed by atoms with E-state index >= 15 is 0 Å². The molecule has 0 radical (unpaired) electrons. The van der Waals surface area contributed by atoms with Crippen molar-refractivity contribution in [2.75, 3.05) is 14.2 Å². The van der Waals surface area contributed by atoms with Crippen molar-refractivity contribution in [1.82, 2.24) is 0 Å². The molecule has 1 saturated heterocycles. The maximum Gasteiger partial charge on any atom is 0.305 e. The lowest BCUT2D eigenvalue weighted by Gasteiger charge is -2.53. The van der Waals surface area contributed by atoms with E-state index in [-0.39, 0.29) is 24.4 Å². The van der Waals surface area contributed by atoms with Gasteiger partial charge in [-0.1, -0.05) is 13.8 Å². The zero-order valence-corrected chi connectivity index (χ0v) is 15.8. The van der Waals surface area contributed by atoms with Gasteiger partial charge >= 0.3 is 5.97 Å². The lowest BCUT2D eigenvalue weighted by molar-refractivity contribution is -0.349. The third-order valence-corrected chi connectivity index (χ3v) is 6.31. The largest absolute Gasteiger partial charge is 0.469 e. The normalized spacial score (nSPS) is 35.0. The smallest absolute Gasteiger partial charge is 0.305 e. The van der Waals surface area contributed by atoms with Crippen molar-refractivity contribution < 1.29 is 28.9 Å². The van der Waals surface area contributed by atoms with E-state index in [4.69, 9.17) is 14.2 Å². The first-order chi connectivity index (χ1) is 11.9. The monoisotopic (exact) mass is 356 g/mol.